The Kier molecular flexibility index (Phi) is 9.27. The van der Waals surface area contributed by atoms with Crippen LogP contribution in [0.25, 0.3) is 10.9 Å². The van der Waals surface area contributed by atoms with Crippen molar-refractivity contribution in [2.24, 2.45) is 5.73 Å². The van der Waals surface area contributed by atoms with Crippen LogP contribution in [0.2, 0.25) is 5.02 Å². The smallest absolute Gasteiger partial charge is 0.323 e. The molecule has 13 nitrogen and oxygen atoms in total. The minimum absolute atomic E-state index is 0.0593. The molecule has 0 saturated heterocycles. The fraction of sp³-hybridized carbons (Fsp3) is 0.222. The molecule has 5 amide bonds. The summed E-state index contributed by atoms with van der Waals surface area (Å²) in [7, 11) is 0. The molecule has 2 aromatic carbocycles. The molecule has 0 bridgehead atoms. The Morgan fingerprint density at radius 1 is 1.07 bits per heavy atom. The van der Waals surface area contributed by atoms with E-state index in [0.29, 0.717) is 22.3 Å². The molecule has 0 atom stereocenters. The molecule has 4 rings (SSSR count). The monoisotopic (exact) mass is 595 g/mol. The van der Waals surface area contributed by atoms with E-state index in [0.717, 1.165) is 0 Å². The number of primary amides is 1. The maximum atomic E-state index is 14.2. The highest BCUT2D eigenvalue weighted by Gasteiger charge is 2.24. The van der Waals surface area contributed by atoms with Gasteiger partial charge in [-0.15, -0.1) is 0 Å². The molecule has 2 heterocycles. The zero-order valence-corrected chi connectivity index (χ0v) is 23.4. The number of urea groups is 1. The summed E-state index contributed by atoms with van der Waals surface area (Å²) in [6.07, 6.45) is 4.17. The van der Waals surface area contributed by atoms with Crippen molar-refractivity contribution in [2.45, 2.75) is 33.0 Å². The van der Waals surface area contributed by atoms with Crippen LogP contribution >= 0.6 is 11.6 Å². The number of nitrogens with zero attached hydrogens (tertiary/aromatic N) is 5. The van der Waals surface area contributed by atoms with Crippen molar-refractivity contribution < 1.29 is 23.6 Å². The molecule has 0 spiro atoms. The average molecular weight is 596 g/mol. The lowest BCUT2D eigenvalue weighted by Crippen LogP contribution is -2.45. The van der Waals surface area contributed by atoms with E-state index < -0.39 is 29.6 Å². The van der Waals surface area contributed by atoms with Gasteiger partial charge in [0.05, 0.1) is 35.2 Å². The Morgan fingerprint density at radius 3 is 2.48 bits per heavy atom. The summed E-state index contributed by atoms with van der Waals surface area (Å²) in [5, 5.41) is 12.3. The number of amides is 5. The van der Waals surface area contributed by atoms with Gasteiger partial charge >= 0.3 is 6.03 Å². The Bertz CT molecular complexity index is 1650. The number of rotatable bonds is 10. The van der Waals surface area contributed by atoms with Crippen LogP contribution in [0, 0.1) is 5.82 Å². The van der Waals surface area contributed by atoms with E-state index in [2.05, 4.69) is 31.0 Å². The van der Waals surface area contributed by atoms with Crippen molar-refractivity contribution in [1.29, 1.82) is 0 Å². The predicted molar refractivity (Wildman–Crippen MR) is 153 cm³/mol. The number of carbonyl (C=O) groups is 4. The molecule has 0 radical (unpaired) electrons. The standard InChI is InChI=1S/C27H27ClFN9O4/c1-15(2)37(12-22(39)33-9-16-4-3-5-20(28)24(16)29)23(40)13-38-21-7-6-17(8-19(21)25(36-38)26(30)41)34-27(42)35-18-10-31-14-32-11-18/h3-8,10-11,14-15H,9,12-13H2,1-2H3,(H2,30,41)(H,33,39)(H2,34,35,42). The summed E-state index contributed by atoms with van der Waals surface area (Å²) in [6.45, 7) is 2.77. The predicted octanol–water partition coefficient (Wildman–Crippen LogP) is 2.92. The van der Waals surface area contributed by atoms with Gasteiger partial charge in [-0.05, 0) is 38.1 Å². The molecule has 0 fully saturated rings. The molecule has 0 aliphatic carbocycles. The van der Waals surface area contributed by atoms with Crippen molar-refractivity contribution in [2.75, 3.05) is 17.2 Å². The number of benzene rings is 2. The maximum Gasteiger partial charge on any atom is 0.323 e. The summed E-state index contributed by atoms with van der Waals surface area (Å²) in [6, 6.07) is 8.18. The Balaban J connectivity index is 1.47. The topological polar surface area (TPSA) is 177 Å². The van der Waals surface area contributed by atoms with Gasteiger partial charge < -0.3 is 26.6 Å². The summed E-state index contributed by atoms with van der Waals surface area (Å²) >= 11 is 5.79. The van der Waals surface area contributed by atoms with Gasteiger partial charge in [-0.1, -0.05) is 23.7 Å². The first kappa shape index (κ1) is 29.9. The van der Waals surface area contributed by atoms with E-state index in [-0.39, 0.29) is 42.0 Å². The van der Waals surface area contributed by atoms with Crippen molar-refractivity contribution >= 4 is 57.6 Å². The summed E-state index contributed by atoms with van der Waals surface area (Å²) < 4.78 is 15.5. The molecular weight excluding hydrogens is 569 g/mol. The molecule has 0 aliphatic rings. The van der Waals surface area contributed by atoms with Crippen LogP contribution in [0.5, 0.6) is 0 Å². The second kappa shape index (κ2) is 13.0. The number of aromatic nitrogens is 4. The van der Waals surface area contributed by atoms with Gasteiger partial charge in [-0.2, -0.15) is 5.10 Å². The molecule has 4 aromatic rings. The molecule has 2 aromatic heterocycles. The summed E-state index contributed by atoms with van der Waals surface area (Å²) in [4.78, 5) is 59.4. The van der Waals surface area contributed by atoms with Crippen molar-refractivity contribution in [3.8, 4) is 0 Å². The van der Waals surface area contributed by atoms with Gasteiger partial charge in [0.2, 0.25) is 11.8 Å². The van der Waals surface area contributed by atoms with Crippen LogP contribution in [-0.4, -0.2) is 61.0 Å². The SMILES string of the molecule is CC(C)N(CC(=O)NCc1cccc(Cl)c1F)C(=O)Cn1nc(C(N)=O)c2cc(NC(=O)Nc3cncnc3)ccc21. The zero-order valence-electron chi connectivity index (χ0n) is 22.6. The van der Waals surface area contributed by atoms with E-state index in [9.17, 15) is 23.6 Å². The van der Waals surface area contributed by atoms with Crippen LogP contribution in [0.15, 0.2) is 55.1 Å². The van der Waals surface area contributed by atoms with Crippen molar-refractivity contribution in [3.05, 3.63) is 77.2 Å². The van der Waals surface area contributed by atoms with E-state index in [4.69, 9.17) is 17.3 Å². The van der Waals surface area contributed by atoms with Gasteiger partial charge in [0, 0.05) is 29.2 Å². The molecule has 0 saturated carbocycles. The molecule has 218 valence electrons. The van der Waals surface area contributed by atoms with Crippen LogP contribution in [0.4, 0.5) is 20.6 Å². The van der Waals surface area contributed by atoms with Crippen LogP contribution < -0.4 is 21.7 Å². The number of halogens is 2. The fourth-order valence-corrected chi connectivity index (χ4v) is 4.28. The zero-order chi connectivity index (χ0) is 30.4. The van der Waals surface area contributed by atoms with E-state index in [1.165, 1.54) is 46.5 Å². The highest BCUT2D eigenvalue weighted by molar-refractivity contribution is 6.30. The van der Waals surface area contributed by atoms with Gasteiger partial charge in [-0.3, -0.25) is 19.1 Å². The molecule has 0 aliphatic heterocycles. The first-order chi connectivity index (χ1) is 20.0. The highest BCUT2D eigenvalue weighted by Crippen LogP contribution is 2.24. The Hall–Kier alpha value is -5.11. The Morgan fingerprint density at radius 2 is 1.79 bits per heavy atom. The lowest BCUT2D eigenvalue weighted by molar-refractivity contribution is -0.138. The first-order valence-electron chi connectivity index (χ1n) is 12.7. The van der Waals surface area contributed by atoms with Crippen molar-refractivity contribution in [1.82, 2.24) is 30.0 Å². The van der Waals surface area contributed by atoms with E-state index >= 15 is 0 Å². The van der Waals surface area contributed by atoms with Crippen LogP contribution in [0.1, 0.15) is 29.9 Å². The van der Waals surface area contributed by atoms with E-state index in [1.54, 1.807) is 32.0 Å². The molecule has 42 heavy (non-hydrogen) atoms. The third-order valence-electron chi connectivity index (χ3n) is 6.11. The minimum Gasteiger partial charge on any atom is -0.364 e. The third-order valence-corrected chi connectivity index (χ3v) is 6.40. The van der Waals surface area contributed by atoms with Crippen LogP contribution in [-0.2, 0) is 22.7 Å². The van der Waals surface area contributed by atoms with E-state index in [1.807, 2.05) is 0 Å². The number of carbonyl (C=O) groups excluding carboxylic acids is 4. The van der Waals surface area contributed by atoms with Gasteiger partial charge in [0.15, 0.2) is 5.69 Å². The van der Waals surface area contributed by atoms with Gasteiger partial charge in [0.25, 0.3) is 5.91 Å². The third kappa shape index (κ3) is 7.14. The largest absolute Gasteiger partial charge is 0.364 e. The molecule has 5 N–H and O–H groups in total. The number of anilines is 2. The maximum absolute atomic E-state index is 14.2. The normalized spacial score (nSPS) is 10.9. The summed E-state index contributed by atoms with van der Waals surface area (Å²) in [5.74, 6) is -2.42. The average Bonchev–Trinajstić information content (AvgIpc) is 3.30. The second-order valence-corrected chi connectivity index (χ2v) is 9.82. The minimum atomic E-state index is -0.831. The van der Waals surface area contributed by atoms with Gasteiger partial charge in [0.1, 0.15) is 18.7 Å². The molecule has 15 heteroatoms. The fourth-order valence-electron chi connectivity index (χ4n) is 4.08. The van der Waals surface area contributed by atoms with Crippen LogP contribution in [0.3, 0.4) is 0 Å². The van der Waals surface area contributed by atoms with Crippen molar-refractivity contribution in [3.63, 3.8) is 0 Å². The molecule has 0 unspecified atom stereocenters. The Labute approximate surface area is 244 Å². The number of hydrogen-bond donors (Lipinski definition) is 4. The lowest BCUT2D eigenvalue weighted by Gasteiger charge is -2.26. The summed E-state index contributed by atoms with van der Waals surface area (Å²) in [5.41, 5.74) is 6.77. The number of nitrogens with one attached hydrogen (secondary N) is 3. The lowest BCUT2D eigenvalue weighted by atomic mass is 10.2. The molecular formula is C27H27ClFN9O4. The first-order valence-corrected chi connectivity index (χ1v) is 13.0. The number of nitrogens with two attached hydrogens (primary N) is 1. The quantitative estimate of drug-likeness (QED) is 0.218. The number of fused-ring (bicyclic) bond motifs is 1. The number of hydrogen-bond acceptors (Lipinski definition) is 7. The van der Waals surface area contributed by atoms with Gasteiger partial charge in [-0.25, -0.2) is 19.2 Å². The highest BCUT2D eigenvalue weighted by atomic mass is 35.5. The second-order valence-electron chi connectivity index (χ2n) is 9.41.